The van der Waals surface area contributed by atoms with Crippen molar-refractivity contribution in [3.8, 4) is 11.4 Å². The minimum Gasteiger partial charge on any atom is -0.353 e. The molecule has 1 aliphatic heterocycles. The molecule has 2 aromatic heterocycles. The molecule has 0 spiro atoms. The number of fused-ring (bicyclic) bond motifs is 1. The number of rotatable bonds is 4. The summed E-state index contributed by atoms with van der Waals surface area (Å²) in [5.41, 5.74) is 2.71. The van der Waals surface area contributed by atoms with Gasteiger partial charge in [0.25, 0.3) is 0 Å². The van der Waals surface area contributed by atoms with E-state index in [4.69, 9.17) is 11.6 Å². The van der Waals surface area contributed by atoms with Crippen LogP contribution in [-0.4, -0.2) is 55.9 Å². The summed E-state index contributed by atoms with van der Waals surface area (Å²) in [6.45, 7) is 1.59. The van der Waals surface area contributed by atoms with Crippen molar-refractivity contribution < 1.29 is 4.21 Å². The number of nitrogens with one attached hydrogen (secondary N) is 1. The number of nitrogens with zero attached hydrogens (tertiary/aromatic N) is 4. The third-order valence-corrected chi connectivity index (χ3v) is 6.00. The maximum atomic E-state index is 11.6. The van der Waals surface area contributed by atoms with Crippen LogP contribution in [0.2, 0.25) is 5.02 Å². The van der Waals surface area contributed by atoms with Gasteiger partial charge in [-0.3, -0.25) is 0 Å². The second-order valence-electron chi connectivity index (χ2n) is 6.15. The molecule has 1 unspecified atom stereocenters. The third-order valence-electron chi connectivity index (χ3n) is 4.59. The summed E-state index contributed by atoms with van der Waals surface area (Å²) in [5, 5.41) is 0.562. The number of benzene rings is 1. The van der Waals surface area contributed by atoms with E-state index in [0.717, 1.165) is 41.3 Å². The number of hydrogen-bond acceptors (Lipinski definition) is 4. The monoisotopic (exact) mass is 375 g/mol. The van der Waals surface area contributed by atoms with Gasteiger partial charge in [0.15, 0.2) is 0 Å². The number of H-pyrrole nitrogens is 1. The Morgan fingerprint density at radius 2 is 2.12 bits per heavy atom. The summed E-state index contributed by atoms with van der Waals surface area (Å²) in [6, 6.07) is 10.1. The van der Waals surface area contributed by atoms with Gasteiger partial charge in [0.2, 0.25) is 0 Å². The zero-order chi connectivity index (χ0) is 17.6. The molecular formula is C17H18ClN5OS. The minimum absolute atomic E-state index is 0.276. The average Bonchev–Trinajstić information content (AvgIpc) is 2.98. The standard InChI is InChI=1S/C17H18ClN5OS/c1-22(25(2)24)11-9-23(10-11)16-7-12(13(18)8-19-16)17-20-14-5-3-4-6-15(14)21-17/h3-8,11H,9-10H2,1-2H3,(H,20,21). The van der Waals surface area contributed by atoms with Crippen LogP contribution in [0.3, 0.4) is 0 Å². The number of para-hydroxylation sites is 2. The van der Waals surface area contributed by atoms with E-state index in [9.17, 15) is 4.21 Å². The molecule has 0 amide bonds. The Hall–Kier alpha value is -1.96. The maximum absolute atomic E-state index is 11.6. The van der Waals surface area contributed by atoms with Gasteiger partial charge in [0.05, 0.1) is 33.1 Å². The van der Waals surface area contributed by atoms with Gasteiger partial charge in [-0.05, 0) is 18.2 Å². The van der Waals surface area contributed by atoms with Crippen LogP contribution in [-0.2, 0) is 11.0 Å². The quantitative estimate of drug-likeness (QED) is 0.761. The topological polar surface area (TPSA) is 65.1 Å². The Balaban J connectivity index is 1.60. The van der Waals surface area contributed by atoms with E-state index in [-0.39, 0.29) is 6.04 Å². The van der Waals surface area contributed by atoms with E-state index >= 15 is 0 Å². The van der Waals surface area contributed by atoms with Crippen molar-refractivity contribution in [3.05, 3.63) is 41.6 Å². The SMILES string of the molecule is CN(C1CN(c2cc(-c3nc4ccccc4[nH]3)c(Cl)cn2)C1)S(C)=O. The first-order chi connectivity index (χ1) is 12.0. The fourth-order valence-electron chi connectivity index (χ4n) is 2.94. The molecule has 1 fully saturated rings. The molecular weight excluding hydrogens is 358 g/mol. The van der Waals surface area contributed by atoms with E-state index in [2.05, 4.69) is 19.9 Å². The van der Waals surface area contributed by atoms with Gasteiger partial charge in [-0.25, -0.2) is 18.5 Å². The normalized spacial score (nSPS) is 16.4. The molecule has 0 saturated carbocycles. The first-order valence-electron chi connectivity index (χ1n) is 7.95. The van der Waals surface area contributed by atoms with Gasteiger partial charge in [0.1, 0.15) is 11.6 Å². The molecule has 3 aromatic rings. The molecule has 130 valence electrons. The lowest BCUT2D eigenvalue weighted by Gasteiger charge is -2.43. The number of aromatic amines is 1. The highest BCUT2D eigenvalue weighted by Gasteiger charge is 2.32. The minimum atomic E-state index is -0.957. The number of hydrogen-bond donors (Lipinski definition) is 1. The second kappa shape index (κ2) is 6.40. The molecule has 1 aromatic carbocycles. The van der Waals surface area contributed by atoms with Gasteiger partial charge in [0, 0.05) is 38.2 Å². The Labute approximate surface area is 153 Å². The van der Waals surface area contributed by atoms with Crippen LogP contribution in [0.4, 0.5) is 5.82 Å². The predicted molar refractivity (Wildman–Crippen MR) is 102 cm³/mol. The zero-order valence-corrected chi connectivity index (χ0v) is 15.5. The molecule has 1 saturated heterocycles. The second-order valence-corrected chi connectivity index (χ2v) is 7.98. The van der Waals surface area contributed by atoms with E-state index in [0.29, 0.717) is 5.02 Å². The first-order valence-corrected chi connectivity index (χ1v) is 9.84. The van der Waals surface area contributed by atoms with Crippen molar-refractivity contribution in [3.63, 3.8) is 0 Å². The summed E-state index contributed by atoms with van der Waals surface area (Å²) in [6.07, 6.45) is 3.36. The fraction of sp³-hybridized carbons (Fsp3) is 0.294. The van der Waals surface area contributed by atoms with Gasteiger partial charge >= 0.3 is 0 Å². The van der Waals surface area contributed by atoms with Crippen molar-refractivity contribution in [1.82, 2.24) is 19.3 Å². The zero-order valence-electron chi connectivity index (χ0n) is 13.9. The lowest BCUT2D eigenvalue weighted by atomic mass is 10.1. The molecule has 4 rings (SSSR count). The highest BCUT2D eigenvalue weighted by Crippen LogP contribution is 2.31. The van der Waals surface area contributed by atoms with Crippen LogP contribution in [0, 0.1) is 0 Å². The summed E-state index contributed by atoms with van der Waals surface area (Å²) in [5.74, 6) is 1.59. The smallest absolute Gasteiger partial charge is 0.140 e. The van der Waals surface area contributed by atoms with Gasteiger partial charge in [-0.1, -0.05) is 23.7 Å². The molecule has 8 heteroatoms. The van der Waals surface area contributed by atoms with Gasteiger partial charge < -0.3 is 9.88 Å². The summed E-state index contributed by atoms with van der Waals surface area (Å²) >= 11 is 6.36. The van der Waals surface area contributed by atoms with Crippen LogP contribution in [0.1, 0.15) is 0 Å². The van der Waals surface area contributed by atoms with Crippen LogP contribution in [0.15, 0.2) is 36.5 Å². The molecule has 6 nitrogen and oxygen atoms in total. The van der Waals surface area contributed by atoms with Gasteiger partial charge in [-0.2, -0.15) is 0 Å². The number of pyridine rings is 1. The van der Waals surface area contributed by atoms with Gasteiger partial charge in [-0.15, -0.1) is 0 Å². The molecule has 1 atom stereocenters. The number of likely N-dealkylation sites (N-methyl/N-ethyl adjacent to an activating group) is 1. The summed E-state index contributed by atoms with van der Waals surface area (Å²) in [4.78, 5) is 14.5. The van der Waals surface area contributed by atoms with Crippen LogP contribution in [0.5, 0.6) is 0 Å². The highest BCUT2D eigenvalue weighted by molar-refractivity contribution is 7.81. The van der Waals surface area contributed by atoms with Crippen molar-refractivity contribution in [2.24, 2.45) is 0 Å². The number of anilines is 1. The first kappa shape index (κ1) is 16.5. The van der Waals surface area contributed by atoms with Crippen LogP contribution < -0.4 is 4.90 Å². The lowest BCUT2D eigenvalue weighted by Crippen LogP contribution is -2.58. The molecule has 25 heavy (non-hydrogen) atoms. The highest BCUT2D eigenvalue weighted by atomic mass is 35.5. The van der Waals surface area contributed by atoms with E-state index in [1.54, 1.807) is 12.5 Å². The fourth-order valence-corrected chi connectivity index (χ4v) is 3.69. The Morgan fingerprint density at radius 3 is 2.84 bits per heavy atom. The molecule has 0 bridgehead atoms. The summed E-state index contributed by atoms with van der Waals surface area (Å²) in [7, 11) is 0.925. The molecule has 0 aliphatic carbocycles. The third kappa shape index (κ3) is 3.03. The van der Waals surface area contributed by atoms with Crippen molar-refractivity contribution in [2.45, 2.75) is 6.04 Å². The summed E-state index contributed by atoms with van der Waals surface area (Å²) < 4.78 is 13.4. The largest absolute Gasteiger partial charge is 0.353 e. The predicted octanol–water partition coefficient (Wildman–Crippen LogP) is 2.69. The van der Waals surface area contributed by atoms with E-state index < -0.39 is 11.0 Å². The number of imidazole rings is 1. The van der Waals surface area contributed by atoms with Crippen molar-refractivity contribution in [2.75, 3.05) is 31.3 Å². The molecule has 1 aliphatic rings. The van der Waals surface area contributed by atoms with E-state index in [1.165, 1.54) is 0 Å². The molecule has 3 heterocycles. The average molecular weight is 376 g/mol. The van der Waals surface area contributed by atoms with E-state index in [1.807, 2.05) is 41.7 Å². The maximum Gasteiger partial charge on any atom is 0.140 e. The number of aromatic nitrogens is 3. The Bertz CT molecular complexity index is 920. The molecule has 1 N–H and O–H groups in total. The van der Waals surface area contributed by atoms with Crippen LogP contribution in [0.25, 0.3) is 22.4 Å². The van der Waals surface area contributed by atoms with Crippen molar-refractivity contribution in [1.29, 1.82) is 0 Å². The number of halogens is 1. The Kier molecular flexibility index (Phi) is 4.23. The van der Waals surface area contributed by atoms with Crippen LogP contribution >= 0.6 is 11.6 Å². The lowest BCUT2D eigenvalue weighted by molar-refractivity contribution is 0.324. The Morgan fingerprint density at radius 1 is 1.36 bits per heavy atom. The van der Waals surface area contributed by atoms with Crippen molar-refractivity contribution >= 4 is 39.4 Å². The molecule has 0 radical (unpaired) electrons.